The first kappa shape index (κ1) is 16.0. The third-order valence-corrected chi connectivity index (χ3v) is 5.09. The van der Waals surface area contributed by atoms with Gasteiger partial charge in [0.2, 0.25) is 0 Å². The molecule has 0 unspecified atom stereocenters. The molecule has 1 aliphatic carbocycles. The molecule has 2 nitrogen and oxygen atoms in total. The van der Waals surface area contributed by atoms with Crippen molar-refractivity contribution in [3.8, 4) is 0 Å². The van der Waals surface area contributed by atoms with E-state index < -0.39 is 0 Å². The summed E-state index contributed by atoms with van der Waals surface area (Å²) in [6, 6.07) is 19.7. The summed E-state index contributed by atoms with van der Waals surface area (Å²) in [7, 11) is 2.12. The minimum atomic E-state index is 0.400. The lowest BCUT2D eigenvalue weighted by Gasteiger charge is -2.35. The fourth-order valence-corrected chi connectivity index (χ4v) is 3.58. The second-order valence-corrected chi connectivity index (χ2v) is 6.57. The zero-order valence-electron chi connectivity index (χ0n) is 13.7. The van der Waals surface area contributed by atoms with E-state index in [-0.39, 0.29) is 0 Å². The quantitative estimate of drug-likeness (QED) is 0.852. The molecule has 0 fully saturated rings. The Hall–Kier alpha value is -1.87. The van der Waals surface area contributed by atoms with Gasteiger partial charge in [-0.15, -0.1) is 0 Å². The van der Waals surface area contributed by atoms with Gasteiger partial charge in [0.05, 0.1) is 6.04 Å². The number of hydrogen-bond donors (Lipinski definition) is 1. The van der Waals surface area contributed by atoms with Gasteiger partial charge in [0, 0.05) is 13.6 Å². The largest absolute Gasteiger partial charge is 0.362 e. The van der Waals surface area contributed by atoms with E-state index >= 15 is 0 Å². The number of nitrogens with zero attached hydrogens (tertiary/aromatic N) is 1. The first-order chi connectivity index (χ1) is 11.3. The van der Waals surface area contributed by atoms with Crippen molar-refractivity contribution in [2.24, 2.45) is 0 Å². The Kier molecular flexibility index (Phi) is 5.29. The molecule has 0 radical (unpaired) electrons. The SMILES string of the molecule is CN(C(=S)NCCc1ccccc1)[C@@H]1CCCc2ccccc21. The molecule has 0 bridgehead atoms. The molecule has 0 amide bonds. The highest BCUT2D eigenvalue weighted by Crippen LogP contribution is 2.33. The number of benzene rings is 2. The van der Waals surface area contributed by atoms with Gasteiger partial charge in [-0.1, -0.05) is 54.6 Å². The molecular formula is C20H24N2S. The third-order valence-electron chi connectivity index (χ3n) is 4.66. The van der Waals surface area contributed by atoms with Crippen LogP contribution in [0.1, 0.15) is 35.6 Å². The van der Waals surface area contributed by atoms with Crippen LogP contribution in [0.5, 0.6) is 0 Å². The Morgan fingerprint density at radius 2 is 1.87 bits per heavy atom. The predicted molar refractivity (Wildman–Crippen MR) is 101 cm³/mol. The van der Waals surface area contributed by atoms with E-state index in [1.165, 1.54) is 36.0 Å². The number of rotatable bonds is 4. The Morgan fingerprint density at radius 1 is 1.13 bits per heavy atom. The Morgan fingerprint density at radius 3 is 2.70 bits per heavy atom. The van der Waals surface area contributed by atoms with Crippen molar-refractivity contribution < 1.29 is 0 Å². The van der Waals surface area contributed by atoms with Crippen LogP contribution in [0.25, 0.3) is 0 Å². The highest BCUT2D eigenvalue weighted by atomic mass is 32.1. The van der Waals surface area contributed by atoms with Crippen LogP contribution in [0.2, 0.25) is 0 Å². The van der Waals surface area contributed by atoms with E-state index in [1.54, 1.807) is 0 Å². The second kappa shape index (κ2) is 7.60. The van der Waals surface area contributed by atoms with E-state index in [0.717, 1.165) is 18.1 Å². The summed E-state index contributed by atoms with van der Waals surface area (Å²) in [6.45, 7) is 0.877. The van der Waals surface area contributed by atoms with Gasteiger partial charge in [-0.2, -0.15) is 0 Å². The smallest absolute Gasteiger partial charge is 0.169 e. The van der Waals surface area contributed by atoms with Crippen LogP contribution in [0.15, 0.2) is 54.6 Å². The lowest BCUT2D eigenvalue weighted by molar-refractivity contribution is 0.328. The lowest BCUT2D eigenvalue weighted by atomic mass is 9.87. The first-order valence-electron chi connectivity index (χ1n) is 8.38. The standard InChI is InChI=1S/C20H24N2S/c1-22(19-13-7-11-17-10-5-6-12-18(17)19)20(23)21-15-14-16-8-3-2-4-9-16/h2-6,8-10,12,19H,7,11,13-15H2,1H3,(H,21,23)/t19-/m1/s1. The molecule has 3 heteroatoms. The average molecular weight is 324 g/mol. The summed E-state index contributed by atoms with van der Waals surface area (Å²) in [5.74, 6) is 0. The molecule has 2 aromatic rings. The summed E-state index contributed by atoms with van der Waals surface area (Å²) >= 11 is 5.62. The van der Waals surface area contributed by atoms with Gasteiger partial charge in [0.1, 0.15) is 0 Å². The molecule has 3 rings (SSSR count). The average Bonchev–Trinajstić information content (AvgIpc) is 2.61. The minimum absolute atomic E-state index is 0.400. The van der Waals surface area contributed by atoms with Crippen LogP contribution >= 0.6 is 12.2 Å². The molecule has 120 valence electrons. The van der Waals surface area contributed by atoms with Crippen molar-refractivity contribution >= 4 is 17.3 Å². The number of thiocarbonyl (C=S) groups is 1. The highest BCUT2D eigenvalue weighted by Gasteiger charge is 2.24. The fraction of sp³-hybridized carbons (Fsp3) is 0.350. The molecule has 0 aromatic heterocycles. The van der Waals surface area contributed by atoms with Crippen LogP contribution in [0, 0.1) is 0 Å². The summed E-state index contributed by atoms with van der Waals surface area (Å²) in [6.07, 6.45) is 4.59. The minimum Gasteiger partial charge on any atom is -0.362 e. The number of hydrogen-bond acceptors (Lipinski definition) is 1. The van der Waals surface area contributed by atoms with Gasteiger partial charge in [0.25, 0.3) is 0 Å². The normalized spacial score (nSPS) is 16.5. The topological polar surface area (TPSA) is 15.3 Å². The van der Waals surface area contributed by atoms with Crippen LogP contribution in [0.3, 0.4) is 0 Å². The molecule has 0 spiro atoms. The summed E-state index contributed by atoms with van der Waals surface area (Å²) in [4.78, 5) is 2.23. The fourth-order valence-electron chi connectivity index (χ4n) is 3.36. The van der Waals surface area contributed by atoms with E-state index in [4.69, 9.17) is 12.2 Å². The molecule has 1 aliphatic rings. The highest BCUT2D eigenvalue weighted by molar-refractivity contribution is 7.80. The van der Waals surface area contributed by atoms with Crippen molar-refractivity contribution in [1.82, 2.24) is 10.2 Å². The first-order valence-corrected chi connectivity index (χ1v) is 8.79. The van der Waals surface area contributed by atoms with E-state index in [2.05, 4.69) is 71.9 Å². The maximum atomic E-state index is 5.62. The number of aryl methyl sites for hydroxylation is 1. The van der Waals surface area contributed by atoms with Gasteiger partial charge in [-0.3, -0.25) is 0 Å². The maximum absolute atomic E-state index is 5.62. The summed E-state index contributed by atoms with van der Waals surface area (Å²) in [5.41, 5.74) is 4.25. The molecule has 23 heavy (non-hydrogen) atoms. The Labute approximate surface area is 144 Å². The zero-order chi connectivity index (χ0) is 16.1. The Bertz CT molecular complexity index is 654. The summed E-state index contributed by atoms with van der Waals surface area (Å²) in [5, 5.41) is 4.27. The monoisotopic (exact) mass is 324 g/mol. The molecule has 0 saturated carbocycles. The third kappa shape index (κ3) is 3.91. The Balaban J connectivity index is 1.58. The van der Waals surface area contributed by atoms with Crippen LogP contribution in [-0.4, -0.2) is 23.6 Å². The molecule has 1 N–H and O–H groups in total. The van der Waals surface area contributed by atoms with Crippen molar-refractivity contribution in [3.63, 3.8) is 0 Å². The van der Waals surface area contributed by atoms with Gasteiger partial charge in [-0.05, 0) is 54.6 Å². The van der Waals surface area contributed by atoms with Crippen molar-refractivity contribution in [2.45, 2.75) is 31.7 Å². The van der Waals surface area contributed by atoms with Crippen LogP contribution in [0.4, 0.5) is 0 Å². The summed E-state index contributed by atoms with van der Waals surface area (Å²) < 4.78 is 0. The van der Waals surface area contributed by atoms with Crippen molar-refractivity contribution in [2.75, 3.05) is 13.6 Å². The molecule has 0 aliphatic heterocycles. The molecule has 2 aromatic carbocycles. The lowest BCUT2D eigenvalue weighted by Crippen LogP contribution is -2.41. The van der Waals surface area contributed by atoms with Gasteiger partial charge in [-0.25, -0.2) is 0 Å². The van der Waals surface area contributed by atoms with E-state index in [0.29, 0.717) is 6.04 Å². The van der Waals surface area contributed by atoms with Crippen LogP contribution < -0.4 is 5.32 Å². The van der Waals surface area contributed by atoms with Crippen LogP contribution in [-0.2, 0) is 12.8 Å². The molecule has 1 atom stereocenters. The number of nitrogens with one attached hydrogen (secondary N) is 1. The van der Waals surface area contributed by atoms with E-state index in [9.17, 15) is 0 Å². The molecular weight excluding hydrogens is 300 g/mol. The number of fused-ring (bicyclic) bond motifs is 1. The van der Waals surface area contributed by atoms with Crippen molar-refractivity contribution in [1.29, 1.82) is 0 Å². The van der Waals surface area contributed by atoms with Crippen molar-refractivity contribution in [3.05, 3.63) is 71.3 Å². The zero-order valence-corrected chi connectivity index (χ0v) is 14.5. The van der Waals surface area contributed by atoms with Gasteiger partial charge >= 0.3 is 0 Å². The molecule has 0 heterocycles. The van der Waals surface area contributed by atoms with E-state index in [1.807, 2.05) is 0 Å². The predicted octanol–water partition coefficient (Wildman–Crippen LogP) is 4.11. The second-order valence-electron chi connectivity index (χ2n) is 6.19. The molecule has 0 saturated heterocycles. The maximum Gasteiger partial charge on any atom is 0.169 e. The van der Waals surface area contributed by atoms with Gasteiger partial charge in [0.15, 0.2) is 5.11 Å². The van der Waals surface area contributed by atoms with Gasteiger partial charge < -0.3 is 10.2 Å².